The second-order valence-corrected chi connectivity index (χ2v) is 6.76. The van der Waals surface area contributed by atoms with E-state index in [4.69, 9.17) is 4.74 Å². The zero-order chi connectivity index (χ0) is 16.8. The molecule has 23 heavy (non-hydrogen) atoms. The molecular formula is C16H22N2O4S. The second kappa shape index (κ2) is 8.10. The molecule has 6 nitrogen and oxygen atoms in total. The number of aryl methyl sites for hydroxylation is 2. The van der Waals surface area contributed by atoms with E-state index < -0.39 is 11.9 Å². The van der Waals surface area contributed by atoms with Crippen molar-refractivity contribution in [3.8, 4) is 0 Å². The minimum atomic E-state index is -0.468. The number of fused-ring (bicyclic) bond motifs is 1. The smallest absolute Gasteiger partial charge is 0.348 e. The molecule has 0 fully saturated rings. The molecule has 0 saturated heterocycles. The molecule has 2 amide bonds. The Labute approximate surface area is 139 Å². The number of hydrogen-bond donors (Lipinski definition) is 1. The molecule has 2 rings (SSSR count). The number of ether oxygens (including phenoxy) is 1. The Morgan fingerprint density at radius 2 is 2.00 bits per heavy atom. The van der Waals surface area contributed by atoms with E-state index in [2.05, 4.69) is 5.32 Å². The molecule has 0 radical (unpaired) electrons. The number of carbonyl (C=O) groups excluding carboxylic acids is 3. The van der Waals surface area contributed by atoms with Crippen LogP contribution in [0.25, 0.3) is 0 Å². The molecular weight excluding hydrogens is 316 g/mol. The Morgan fingerprint density at radius 1 is 1.26 bits per heavy atom. The highest BCUT2D eigenvalue weighted by molar-refractivity contribution is 7.14. The zero-order valence-corrected chi connectivity index (χ0v) is 14.3. The Kier molecular flexibility index (Phi) is 6.15. The Hall–Kier alpha value is -1.89. The molecule has 1 aromatic rings. The monoisotopic (exact) mass is 338 g/mol. The van der Waals surface area contributed by atoms with Gasteiger partial charge in [0.25, 0.3) is 5.91 Å². The standard InChI is InChI=1S/C16H22N2O4S/c1-17-14(19)9-18(2)15(20)10-22-16(21)13-8-11-6-4-3-5-7-12(11)23-13/h8H,3-7,9-10H2,1-2H3,(H,17,19). The van der Waals surface area contributed by atoms with Gasteiger partial charge in [-0.15, -0.1) is 11.3 Å². The highest BCUT2D eigenvalue weighted by atomic mass is 32.1. The van der Waals surface area contributed by atoms with Crippen LogP contribution in [-0.4, -0.2) is 49.9 Å². The van der Waals surface area contributed by atoms with E-state index in [1.807, 2.05) is 6.07 Å². The van der Waals surface area contributed by atoms with Crippen molar-refractivity contribution in [2.24, 2.45) is 0 Å². The predicted molar refractivity (Wildman–Crippen MR) is 87.6 cm³/mol. The highest BCUT2D eigenvalue weighted by Gasteiger charge is 2.19. The highest BCUT2D eigenvalue weighted by Crippen LogP contribution is 2.29. The van der Waals surface area contributed by atoms with Crippen LogP contribution in [0.2, 0.25) is 0 Å². The Morgan fingerprint density at radius 3 is 2.74 bits per heavy atom. The first kappa shape index (κ1) is 17.5. The van der Waals surface area contributed by atoms with Crippen molar-refractivity contribution in [1.82, 2.24) is 10.2 Å². The lowest BCUT2D eigenvalue weighted by Crippen LogP contribution is -2.39. The summed E-state index contributed by atoms with van der Waals surface area (Å²) in [6.07, 6.45) is 5.56. The molecule has 0 unspecified atom stereocenters. The number of nitrogens with zero attached hydrogens (tertiary/aromatic N) is 1. The van der Waals surface area contributed by atoms with Gasteiger partial charge in [0, 0.05) is 19.0 Å². The van der Waals surface area contributed by atoms with Gasteiger partial charge < -0.3 is 15.0 Å². The zero-order valence-electron chi connectivity index (χ0n) is 13.5. The number of likely N-dealkylation sites (N-methyl/N-ethyl adjacent to an activating group) is 2. The van der Waals surface area contributed by atoms with Gasteiger partial charge >= 0.3 is 5.97 Å². The van der Waals surface area contributed by atoms with Crippen LogP contribution in [-0.2, 0) is 27.2 Å². The third kappa shape index (κ3) is 4.79. The van der Waals surface area contributed by atoms with Crippen LogP contribution in [0.15, 0.2) is 6.07 Å². The van der Waals surface area contributed by atoms with Gasteiger partial charge in [0.05, 0.1) is 6.54 Å². The SMILES string of the molecule is CNC(=O)CN(C)C(=O)COC(=O)c1cc2c(s1)CCCCC2. The average molecular weight is 338 g/mol. The first-order valence-corrected chi connectivity index (χ1v) is 8.56. The molecule has 0 saturated carbocycles. The summed E-state index contributed by atoms with van der Waals surface area (Å²) in [5.41, 5.74) is 1.24. The Balaban J connectivity index is 1.87. The van der Waals surface area contributed by atoms with Crippen LogP contribution >= 0.6 is 11.3 Å². The molecule has 1 heterocycles. The minimum Gasteiger partial charge on any atom is -0.451 e. The number of amides is 2. The molecule has 0 bridgehead atoms. The van der Waals surface area contributed by atoms with Crippen LogP contribution in [0.5, 0.6) is 0 Å². The number of rotatable bonds is 5. The van der Waals surface area contributed by atoms with Crippen LogP contribution < -0.4 is 5.32 Å². The lowest BCUT2D eigenvalue weighted by molar-refractivity contribution is -0.137. The van der Waals surface area contributed by atoms with Crippen molar-refractivity contribution in [2.45, 2.75) is 32.1 Å². The third-order valence-electron chi connectivity index (χ3n) is 3.86. The van der Waals surface area contributed by atoms with E-state index in [-0.39, 0.29) is 19.1 Å². The van der Waals surface area contributed by atoms with Gasteiger partial charge in [0.1, 0.15) is 4.88 Å². The van der Waals surface area contributed by atoms with Gasteiger partial charge in [-0.2, -0.15) is 0 Å². The molecule has 0 atom stereocenters. The van der Waals surface area contributed by atoms with Gasteiger partial charge in [-0.25, -0.2) is 4.79 Å². The summed E-state index contributed by atoms with van der Waals surface area (Å²) in [7, 11) is 3.00. The first-order chi connectivity index (χ1) is 11.0. The van der Waals surface area contributed by atoms with Crippen LogP contribution in [0.3, 0.4) is 0 Å². The topological polar surface area (TPSA) is 75.7 Å². The van der Waals surface area contributed by atoms with Gasteiger partial charge in [-0.1, -0.05) is 6.42 Å². The van der Waals surface area contributed by atoms with Crippen molar-refractivity contribution in [3.05, 3.63) is 21.4 Å². The number of thiophene rings is 1. The van der Waals surface area contributed by atoms with Gasteiger partial charge in [-0.05, 0) is 37.3 Å². The molecule has 0 aliphatic heterocycles. The summed E-state index contributed by atoms with van der Waals surface area (Å²) in [5, 5.41) is 2.44. The van der Waals surface area contributed by atoms with Crippen molar-refractivity contribution in [2.75, 3.05) is 27.2 Å². The summed E-state index contributed by atoms with van der Waals surface area (Å²) >= 11 is 1.47. The van der Waals surface area contributed by atoms with E-state index in [0.717, 1.165) is 25.7 Å². The number of nitrogens with one attached hydrogen (secondary N) is 1. The maximum atomic E-state index is 12.1. The number of hydrogen-bond acceptors (Lipinski definition) is 5. The van der Waals surface area contributed by atoms with E-state index in [9.17, 15) is 14.4 Å². The lowest BCUT2D eigenvalue weighted by Gasteiger charge is -2.15. The molecule has 7 heteroatoms. The Bertz CT molecular complexity index is 573. The third-order valence-corrected chi connectivity index (χ3v) is 5.08. The molecule has 0 aromatic carbocycles. The van der Waals surface area contributed by atoms with Crippen LogP contribution in [0.4, 0.5) is 0 Å². The first-order valence-electron chi connectivity index (χ1n) is 7.74. The summed E-state index contributed by atoms with van der Waals surface area (Å²) in [4.78, 5) is 38.2. The minimum absolute atomic E-state index is 0.0554. The number of esters is 1. The fraction of sp³-hybridized carbons (Fsp3) is 0.562. The van der Waals surface area contributed by atoms with Crippen LogP contribution in [0.1, 0.15) is 39.4 Å². The molecule has 1 aromatic heterocycles. The summed E-state index contributed by atoms with van der Waals surface area (Å²) in [6.45, 7) is -0.408. The lowest BCUT2D eigenvalue weighted by atomic mass is 10.1. The van der Waals surface area contributed by atoms with E-state index in [1.165, 1.54) is 47.2 Å². The average Bonchev–Trinajstić information content (AvgIpc) is 2.83. The van der Waals surface area contributed by atoms with Crippen molar-refractivity contribution in [1.29, 1.82) is 0 Å². The van der Waals surface area contributed by atoms with E-state index >= 15 is 0 Å². The van der Waals surface area contributed by atoms with Gasteiger partial charge in [0.15, 0.2) is 6.61 Å². The van der Waals surface area contributed by atoms with Crippen molar-refractivity contribution in [3.63, 3.8) is 0 Å². The largest absolute Gasteiger partial charge is 0.451 e. The van der Waals surface area contributed by atoms with Gasteiger partial charge in [0.2, 0.25) is 5.91 Å². The quantitative estimate of drug-likeness (QED) is 0.650. The molecule has 126 valence electrons. The molecule has 0 spiro atoms. The summed E-state index contributed by atoms with van der Waals surface area (Å²) in [6, 6.07) is 1.90. The van der Waals surface area contributed by atoms with Crippen LogP contribution in [0, 0.1) is 0 Å². The number of carbonyl (C=O) groups is 3. The fourth-order valence-electron chi connectivity index (χ4n) is 2.46. The fourth-order valence-corrected chi connectivity index (χ4v) is 3.61. The van der Waals surface area contributed by atoms with Crippen molar-refractivity contribution < 1.29 is 19.1 Å². The predicted octanol–water partition coefficient (Wildman–Crippen LogP) is 1.38. The summed E-state index contributed by atoms with van der Waals surface area (Å²) in [5.74, 6) is -1.14. The molecule has 1 aliphatic rings. The van der Waals surface area contributed by atoms with E-state index in [0.29, 0.717) is 4.88 Å². The van der Waals surface area contributed by atoms with Crippen molar-refractivity contribution >= 4 is 29.1 Å². The summed E-state index contributed by atoms with van der Waals surface area (Å²) < 4.78 is 5.08. The second-order valence-electron chi connectivity index (χ2n) is 5.62. The maximum absolute atomic E-state index is 12.1. The maximum Gasteiger partial charge on any atom is 0.348 e. The van der Waals surface area contributed by atoms with E-state index in [1.54, 1.807) is 0 Å². The van der Waals surface area contributed by atoms with Gasteiger partial charge in [-0.3, -0.25) is 9.59 Å². The molecule has 1 N–H and O–H groups in total. The normalized spacial score (nSPS) is 13.7. The molecule has 1 aliphatic carbocycles.